The smallest absolute Gasteiger partial charge is 0.165 e. The molecule has 0 aliphatic heterocycles. The largest absolute Gasteiger partial charge is 0.490 e. The van der Waals surface area contributed by atoms with E-state index in [4.69, 9.17) is 4.74 Å². The maximum atomic E-state index is 14.3. The first-order chi connectivity index (χ1) is 12.3. The quantitative estimate of drug-likeness (QED) is 0.676. The average Bonchev–Trinajstić information content (AvgIpc) is 2.66. The topological polar surface area (TPSA) is 35.0 Å². The van der Waals surface area contributed by atoms with Crippen LogP contribution in [0.4, 0.5) is 4.39 Å². The number of aryl methyl sites for hydroxylation is 1. The third-order valence-electron chi connectivity index (χ3n) is 4.75. The van der Waals surface area contributed by atoms with Gasteiger partial charge in [0.05, 0.1) is 6.61 Å². The Balaban J connectivity index is 1.62. The van der Waals surface area contributed by atoms with E-state index < -0.39 is 0 Å². The van der Waals surface area contributed by atoms with Crippen LogP contribution in [0.2, 0.25) is 0 Å². The van der Waals surface area contributed by atoms with Crippen LogP contribution in [0, 0.1) is 18.2 Å². The minimum absolute atomic E-state index is 0.317. The zero-order chi connectivity index (χ0) is 17.5. The fourth-order valence-corrected chi connectivity index (χ4v) is 3.14. The number of hydrogen-bond acceptors (Lipinski definition) is 3. The van der Waals surface area contributed by atoms with Gasteiger partial charge in [-0.3, -0.25) is 0 Å². The van der Waals surface area contributed by atoms with Gasteiger partial charge in [-0.15, -0.1) is 0 Å². The van der Waals surface area contributed by atoms with Crippen molar-refractivity contribution in [2.24, 2.45) is 5.92 Å². The molecular weight excluding hydrogens is 315 g/mol. The third kappa shape index (κ3) is 5.00. The maximum absolute atomic E-state index is 14.3. The monoisotopic (exact) mass is 341 g/mol. The molecule has 0 unspecified atom stereocenters. The van der Waals surface area contributed by atoms with Crippen LogP contribution in [0.15, 0.2) is 30.6 Å². The van der Waals surface area contributed by atoms with E-state index >= 15 is 0 Å². The van der Waals surface area contributed by atoms with Gasteiger partial charge >= 0.3 is 0 Å². The Morgan fingerprint density at radius 2 is 1.92 bits per heavy atom. The summed E-state index contributed by atoms with van der Waals surface area (Å²) < 4.78 is 20.0. The maximum Gasteiger partial charge on any atom is 0.165 e. The molecule has 1 fully saturated rings. The van der Waals surface area contributed by atoms with Gasteiger partial charge in [-0.05, 0) is 74.6 Å². The Hall–Kier alpha value is -1.97. The molecule has 1 aromatic heterocycles. The van der Waals surface area contributed by atoms with Crippen molar-refractivity contribution < 1.29 is 9.13 Å². The molecule has 0 atom stereocenters. The van der Waals surface area contributed by atoms with Crippen molar-refractivity contribution in [1.82, 2.24) is 9.97 Å². The van der Waals surface area contributed by atoms with Crippen LogP contribution in [0.5, 0.6) is 5.75 Å². The van der Waals surface area contributed by atoms with Crippen LogP contribution in [-0.2, 0) is 6.42 Å². The van der Waals surface area contributed by atoms with Crippen molar-refractivity contribution in [1.29, 1.82) is 0 Å². The molecular formula is C21H26FN2O. The molecule has 0 bridgehead atoms. The first-order valence-electron chi connectivity index (χ1n) is 9.31. The SMILES string of the molecule is CCCCc1cnc(-c2ccc(OCC3CC[CH]CC3)c(F)c2)nc1. The minimum Gasteiger partial charge on any atom is -0.490 e. The Bertz CT molecular complexity index is 666. The van der Waals surface area contributed by atoms with E-state index in [-0.39, 0.29) is 5.82 Å². The first kappa shape index (κ1) is 17.8. The lowest BCUT2D eigenvalue weighted by atomic mass is 9.90. The number of ether oxygens (including phenoxy) is 1. The summed E-state index contributed by atoms with van der Waals surface area (Å²) in [5.41, 5.74) is 1.80. The molecule has 0 saturated heterocycles. The second-order valence-corrected chi connectivity index (χ2v) is 6.78. The molecule has 1 saturated carbocycles. The van der Waals surface area contributed by atoms with E-state index in [1.54, 1.807) is 6.07 Å². The lowest BCUT2D eigenvalue weighted by Crippen LogP contribution is -2.15. The Kier molecular flexibility index (Phi) is 6.37. The number of hydrogen-bond donors (Lipinski definition) is 0. The second-order valence-electron chi connectivity index (χ2n) is 6.78. The molecule has 1 heterocycles. The summed E-state index contributed by atoms with van der Waals surface area (Å²) in [6.07, 6.45) is 13.8. The minimum atomic E-state index is -0.349. The molecule has 25 heavy (non-hydrogen) atoms. The second kappa shape index (κ2) is 8.93. The van der Waals surface area contributed by atoms with Crippen LogP contribution < -0.4 is 4.74 Å². The highest BCUT2D eigenvalue weighted by atomic mass is 19.1. The Morgan fingerprint density at radius 1 is 1.16 bits per heavy atom. The molecule has 3 rings (SSSR count). The number of aromatic nitrogens is 2. The Labute approximate surface area is 149 Å². The summed E-state index contributed by atoms with van der Waals surface area (Å²) in [5, 5.41) is 0. The molecule has 1 aliphatic rings. The van der Waals surface area contributed by atoms with Gasteiger partial charge in [0.1, 0.15) is 0 Å². The molecule has 0 amide bonds. The van der Waals surface area contributed by atoms with Gasteiger partial charge in [0.2, 0.25) is 0 Å². The lowest BCUT2D eigenvalue weighted by molar-refractivity contribution is 0.213. The van der Waals surface area contributed by atoms with Gasteiger partial charge in [0, 0.05) is 18.0 Å². The molecule has 2 aromatic rings. The fourth-order valence-electron chi connectivity index (χ4n) is 3.14. The molecule has 0 spiro atoms. The number of halogens is 1. The predicted octanol–water partition coefficient (Wildman–Crippen LogP) is 5.40. The number of benzene rings is 1. The number of unbranched alkanes of at least 4 members (excludes halogenated alkanes) is 1. The van der Waals surface area contributed by atoms with Crippen molar-refractivity contribution in [3.8, 4) is 17.1 Å². The summed E-state index contributed by atoms with van der Waals surface area (Å²) >= 11 is 0. The molecule has 1 aliphatic carbocycles. The summed E-state index contributed by atoms with van der Waals surface area (Å²) in [6.45, 7) is 2.75. The first-order valence-corrected chi connectivity index (χ1v) is 9.31. The van der Waals surface area contributed by atoms with Crippen molar-refractivity contribution in [2.75, 3.05) is 6.61 Å². The summed E-state index contributed by atoms with van der Waals surface area (Å²) in [6, 6.07) is 4.98. The van der Waals surface area contributed by atoms with E-state index in [1.165, 1.54) is 6.07 Å². The fraction of sp³-hybridized carbons (Fsp3) is 0.476. The normalized spacial score (nSPS) is 15.3. The van der Waals surface area contributed by atoms with Crippen LogP contribution in [0.3, 0.4) is 0 Å². The van der Waals surface area contributed by atoms with E-state index in [0.717, 1.165) is 50.5 Å². The van der Waals surface area contributed by atoms with Crippen molar-refractivity contribution in [3.63, 3.8) is 0 Å². The lowest BCUT2D eigenvalue weighted by Gasteiger charge is -2.21. The number of rotatable bonds is 7. The van der Waals surface area contributed by atoms with Gasteiger partial charge in [-0.2, -0.15) is 0 Å². The van der Waals surface area contributed by atoms with Gasteiger partial charge in [-0.25, -0.2) is 14.4 Å². The van der Waals surface area contributed by atoms with Crippen molar-refractivity contribution in [2.45, 2.75) is 51.9 Å². The molecule has 1 radical (unpaired) electrons. The van der Waals surface area contributed by atoms with Crippen LogP contribution in [-0.4, -0.2) is 16.6 Å². The average molecular weight is 341 g/mol. The predicted molar refractivity (Wildman–Crippen MR) is 97.8 cm³/mol. The zero-order valence-electron chi connectivity index (χ0n) is 14.9. The molecule has 1 aromatic carbocycles. The van der Waals surface area contributed by atoms with E-state index in [2.05, 4.69) is 23.3 Å². The van der Waals surface area contributed by atoms with Gasteiger partial charge in [0.25, 0.3) is 0 Å². The molecule has 0 N–H and O–H groups in total. The zero-order valence-corrected chi connectivity index (χ0v) is 14.9. The highest BCUT2D eigenvalue weighted by Gasteiger charge is 2.15. The van der Waals surface area contributed by atoms with Crippen molar-refractivity contribution in [3.05, 3.63) is 48.4 Å². The molecule has 3 nitrogen and oxygen atoms in total. The van der Waals surface area contributed by atoms with Crippen LogP contribution in [0.1, 0.15) is 51.0 Å². The molecule has 133 valence electrons. The van der Waals surface area contributed by atoms with Crippen LogP contribution >= 0.6 is 0 Å². The molecule has 4 heteroatoms. The van der Waals surface area contributed by atoms with Gasteiger partial charge in [0.15, 0.2) is 17.4 Å². The van der Waals surface area contributed by atoms with Crippen molar-refractivity contribution >= 4 is 0 Å². The highest BCUT2D eigenvalue weighted by Crippen LogP contribution is 2.27. The third-order valence-corrected chi connectivity index (χ3v) is 4.75. The summed E-state index contributed by atoms with van der Waals surface area (Å²) in [7, 11) is 0. The summed E-state index contributed by atoms with van der Waals surface area (Å²) in [4.78, 5) is 8.74. The number of nitrogens with zero attached hydrogens (tertiary/aromatic N) is 2. The van der Waals surface area contributed by atoms with Gasteiger partial charge < -0.3 is 4.74 Å². The summed E-state index contributed by atoms with van der Waals surface area (Å²) in [5.74, 6) is 1.05. The van der Waals surface area contributed by atoms with E-state index in [9.17, 15) is 4.39 Å². The van der Waals surface area contributed by atoms with Crippen LogP contribution in [0.25, 0.3) is 11.4 Å². The standard InChI is InChI=1S/C21H26FN2O/c1-2-3-7-17-13-23-21(24-14-17)18-10-11-20(19(22)12-18)25-15-16-8-5-4-6-9-16/h4,10-14,16H,2-3,5-9,15H2,1H3. The van der Waals surface area contributed by atoms with E-state index in [1.807, 2.05) is 18.5 Å². The highest BCUT2D eigenvalue weighted by molar-refractivity contribution is 5.56. The van der Waals surface area contributed by atoms with E-state index in [0.29, 0.717) is 29.7 Å². The van der Waals surface area contributed by atoms with Gasteiger partial charge in [-0.1, -0.05) is 13.3 Å². The Morgan fingerprint density at radius 3 is 2.60 bits per heavy atom.